The molecule has 0 unspecified atom stereocenters. The zero-order chi connectivity index (χ0) is 14.2. The molecule has 2 rings (SSSR count). The van der Waals surface area contributed by atoms with Crippen molar-refractivity contribution < 1.29 is 0 Å². The molecular formula is C16H23N3S. The fraction of sp³-hybridized carbons (Fsp3) is 0.438. The van der Waals surface area contributed by atoms with Crippen LogP contribution in [0.5, 0.6) is 0 Å². The Morgan fingerprint density at radius 1 is 1.25 bits per heavy atom. The molecule has 108 valence electrons. The molecule has 0 spiro atoms. The number of thiazole rings is 1. The lowest BCUT2D eigenvalue weighted by atomic mass is 10.1. The molecule has 0 aliphatic rings. The second kappa shape index (κ2) is 8.02. The molecule has 0 fully saturated rings. The quantitative estimate of drug-likeness (QED) is 0.756. The van der Waals surface area contributed by atoms with Crippen LogP contribution in [-0.2, 0) is 13.0 Å². The Bertz CT molecular complexity index is 495. The SMILES string of the molecule is CCCNCc1cnc(N(C)CCc2ccccc2)s1. The standard InChI is InChI=1S/C16H23N3S/c1-3-10-17-12-15-13-18-16(20-15)19(2)11-9-14-7-5-4-6-8-14/h4-8,13,17H,3,9-12H2,1-2H3. The first-order valence-corrected chi connectivity index (χ1v) is 8.01. The average molecular weight is 289 g/mol. The maximum Gasteiger partial charge on any atom is 0.185 e. The summed E-state index contributed by atoms with van der Waals surface area (Å²) >= 11 is 1.78. The summed E-state index contributed by atoms with van der Waals surface area (Å²) in [7, 11) is 2.12. The molecule has 20 heavy (non-hydrogen) atoms. The van der Waals surface area contributed by atoms with Crippen LogP contribution in [-0.4, -0.2) is 25.1 Å². The van der Waals surface area contributed by atoms with E-state index < -0.39 is 0 Å². The summed E-state index contributed by atoms with van der Waals surface area (Å²) < 4.78 is 0. The van der Waals surface area contributed by atoms with Crippen LogP contribution in [0.2, 0.25) is 0 Å². The van der Waals surface area contributed by atoms with E-state index in [0.717, 1.165) is 31.2 Å². The number of anilines is 1. The lowest BCUT2D eigenvalue weighted by Crippen LogP contribution is -2.19. The van der Waals surface area contributed by atoms with Crippen molar-refractivity contribution >= 4 is 16.5 Å². The smallest absolute Gasteiger partial charge is 0.185 e. The first kappa shape index (κ1) is 15.0. The van der Waals surface area contributed by atoms with Gasteiger partial charge in [0.25, 0.3) is 0 Å². The van der Waals surface area contributed by atoms with Crippen LogP contribution < -0.4 is 10.2 Å². The number of likely N-dealkylation sites (N-methyl/N-ethyl adjacent to an activating group) is 1. The summed E-state index contributed by atoms with van der Waals surface area (Å²) in [5.74, 6) is 0. The molecule has 1 aromatic heterocycles. The highest BCUT2D eigenvalue weighted by atomic mass is 32.1. The van der Waals surface area contributed by atoms with Gasteiger partial charge in [0, 0.05) is 31.2 Å². The number of nitrogens with one attached hydrogen (secondary N) is 1. The van der Waals surface area contributed by atoms with Crippen LogP contribution in [0, 0.1) is 0 Å². The lowest BCUT2D eigenvalue weighted by molar-refractivity contribution is 0.681. The van der Waals surface area contributed by atoms with Gasteiger partial charge in [0.15, 0.2) is 5.13 Å². The van der Waals surface area contributed by atoms with E-state index in [4.69, 9.17) is 0 Å². The molecule has 3 nitrogen and oxygen atoms in total. The summed E-state index contributed by atoms with van der Waals surface area (Å²) in [6.45, 7) is 5.18. The van der Waals surface area contributed by atoms with Crippen molar-refractivity contribution in [3.63, 3.8) is 0 Å². The molecule has 1 N–H and O–H groups in total. The summed E-state index contributed by atoms with van der Waals surface area (Å²) in [5, 5.41) is 4.52. The minimum absolute atomic E-state index is 0.929. The Labute approximate surface area is 125 Å². The summed E-state index contributed by atoms with van der Waals surface area (Å²) in [6, 6.07) is 10.6. The monoisotopic (exact) mass is 289 g/mol. The van der Waals surface area contributed by atoms with Gasteiger partial charge in [-0.1, -0.05) is 37.3 Å². The van der Waals surface area contributed by atoms with E-state index in [2.05, 4.69) is 59.5 Å². The third-order valence-electron chi connectivity index (χ3n) is 3.17. The largest absolute Gasteiger partial charge is 0.351 e. The van der Waals surface area contributed by atoms with Gasteiger partial charge in [-0.25, -0.2) is 4.98 Å². The number of nitrogens with zero attached hydrogens (tertiary/aromatic N) is 2. The van der Waals surface area contributed by atoms with Gasteiger partial charge in [-0.15, -0.1) is 11.3 Å². The molecule has 0 saturated carbocycles. The molecule has 2 aromatic rings. The predicted molar refractivity (Wildman–Crippen MR) is 87.5 cm³/mol. The van der Waals surface area contributed by atoms with Gasteiger partial charge in [-0.05, 0) is 24.9 Å². The third-order valence-corrected chi connectivity index (χ3v) is 4.28. The van der Waals surface area contributed by atoms with Crippen molar-refractivity contribution in [3.05, 3.63) is 47.0 Å². The molecule has 1 aromatic carbocycles. The predicted octanol–water partition coefficient (Wildman–Crippen LogP) is 3.32. The van der Waals surface area contributed by atoms with Crippen molar-refractivity contribution in [1.29, 1.82) is 0 Å². The van der Waals surface area contributed by atoms with Crippen LogP contribution in [0.4, 0.5) is 5.13 Å². The van der Waals surface area contributed by atoms with Gasteiger partial charge in [0.2, 0.25) is 0 Å². The molecule has 0 aliphatic carbocycles. The zero-order valence-corrected chi connectivity index (χ0v) is 13.1. The zero-order valence-electron chi connectivity index (χ0n) is 12.3. The lowest BCUT2D eigenvalue weighted by Gasteiger charge is -2.15. The van der Waals surface area contributed by atoms with Crippen LogP contribution in [0.15, 0.2) is 36.5 Å². The molecule has 0 bridgehead atoms. The Morgan fingerprint density at radius 3 is 2.80 bits per heavy atom. The molecule has 1 heterocycles. The van der Waals surface area contributed by atoms with Crippen LogP contribution in [0.3, 0.4) is 0 Å². The van der Waals surface area contributed by atoms with E-state index in [1.54, 1.807) is 11.3 Å². The second-order valence-corrected chi connectivity index (χ2v) is 6.04. The van der Waals surface area contributed by atoms with E-state index in [1.165, 1.54) is 16.9 Å². The highest BCUT2D eigenvalue weighted by Gasteiger charge is 2.07. The molecule has 4 heteroatoms. The Hall–Kier alpha value is -1.39. The summed E-state index contributed by atoms with van der Waals surface area (Å²) in [5.41, 5.74) is 1.38. The van der Waals surface area contributed by atoms with E-state index in [9.17, 15) is 0 Å². The maximum atomic E-state index is 4.51. The minimum Gasteiger partial charge on any atom is -0.351 e. The minimum atomic E-state index is 0.929. The number of aromatic nitrogens is 1. The molecular weight excluding hydrogens is 266 g/mol. The van der Waals surface area contributed by atoms with Gasteiger partial charge in [0.05, 0.1) is 0 Å². The molecule has 0 amide bonds. The third kappa shape index (κ3) is 4.62. The van der Waals surface area contributed by atoms with E-state index >= 15 is 0 Å². The number of hydrogen-bond acceptors (Lipinski definition) is 4. The van der Waals surface area contributed by atoms with Gasteiger partial charge >= 0.3 is 0 Å². The van der Waals surface area contributed by atoms with Crippen LogP contribution in [0.25, 0.3) is 0 Å². The maximum absolute atomic E-state index is 4.51. The van der Waals surface area contributed by atoms with Crippen LogP contribution >= 0.6 is 11.3 Å². The first-order chi connectivity index (χ1) is 9.79. The number of benzene rings is 1. The van der Waals surface area contributed by atoms with Gasteiger partial charge in [0.1, 0.15) is 0 Å². The summed E-state index contributed by atoms with van der Waals surface area (Å²) in [4.78, 5) is 8.05. The van der Waals surface area contributed by atoms with Crippen molar-refractivity contribution in [3.8, 4) is 0 Å². The molecule has 0 atom stereocenters. The molecule has 0 saturated heterocycles. The topological polar surface area (TPSA) is 28.2 Å². The Morgan fingerprint density at radius 2 is 2.05 bits per heavy atom. The molecule has 0 aliphatic heterocycles. The first-order valence-electron chi connectivity index (χ1n) is 7.20. The van der Waals surface area contributed by atoms with Crippen molar-refractivity contribution in [2.75, 3.05) is 25.0 Å². The van der Waals surface area contributed by atoms with E-state index in [1.807, 2.05) is 6.20 Å². The van der Waals surface area contributed by atoms with Gasteiger partial charge in [-0.3, -0.25) is 0 Å². The van der Waals surface area contributed by atoms with Crippen molar-refractivity contribution in [1.82, 2.24) is 10.3 Å². The van der Waals surface area contributed by atoms with E-state index in [-0.39, 0.29) is 0 Å². The van der Waals surface area contributed by atoms with Gasteiger partial charge < -0.3 is 10.2 Å². The van der Waals surface area contributed by atoms with Gasteiger partial charge in [-0.2, -0.15) is 0 Å². The van der Waals surface area contributed by atoms with E-state index in [0.29, 0.717) is 0 Å². The second-order valence-electron chi connectivity index (χ2n) is 4.94. The fourth-order valence-electron chi connectivity index (χ4n) is 1.98. The molecule has 0 radical (unpaired) electrons. The number of rotatable bonds is 8. The van der Waals surface area contributed by atoms with Crippen molar-refractivity contribution in [2.24, 2.45) is 0 Å². The number of hydrogen-bond donors (Lipinski definition) is 1. The Kier molecular flexibility index (Phi) is 6.02. The fourth-order valence-corrected chi connectivity index (χ4v) is 2.85. The normalized spacial score (nSPS) is 10.7. The van der Waals surface area contributed by atoms with Crippen molar-refractivity contribution in [2.45, 2.75) is 26.3 Å². The Balaban J connectivity index is 1.81. The highest BCUT2D eigenvalue weighted by molar-refractivity contribution is 7.15. The summed E-state index contributed by atoms with van der Waals surface area (Å²) in [6.07, 6.45) is 4.21. The average Bonchev–Trinajstić information content (AvgIpc) is 2.95. The highest BCUT2D eigenvalue weighted by Crippen LogP contribution is 2.21. The van der Waals surface area contributed by atoms with Crippen LogP contribution in [0.1, 0.15) is 23.8 Å².